The molecule has 19 heavy (non-hydrogen) atoms. The van der Waals surface area contributed by atoms with Gasteiger partial charge >= 0.3 is 5.97 Å². The van der Waals surface area contributed by atoms with Crippen molar-refractivity contribution in [2.45, 2.75) is 39.7 Å². The van der Waals surface area contributed by atoms with E-state index in [1.807, 2.05) is 13.0 Å². The summed E-state index contributed by atoms with van der Waals surface area (Å²) in [7, 11) is 0. The van der Waals surface area contributed by atoms with Crippen LogP contribution in [0.1, 0.15) is 33.6 Å². The monoisotopic (exact) mass is 268 g/mol. The van der Waals surface area contributed by atoms with Crippen molar-refractivity contribution in [1.82, 2.24) is 10.2 Å². The lowest BCUT2D eigenvalue weighted by atomic mass is 10.1. The van der Waals surface area contributed by atoms with Crippen LogP contribution in [0.15, 0.2) is 12.2 Å². The summed E-state index contributed by atoms with van der Waals surface area (Å²) in [5.41, 5.74) is 0. The van der Waals surface area contributed by atoms with Crippen molar-refractivity contribution in [3.8, 4) is 0 Å². The number of nitrogens with zero attached hydrogens (tertiary/aromatic N) is 1. The summed E-state index contributed by atoms with van der Waals surface area (Å²) in [6.07, 6.45) is 5.99. The van der Waals surface area contributed by atoms with Gasteiger partial charge in [-0.05, 0) is 32.2 Å². The first-order valence-corrected chi connectivity index (χ1v) is 7.40. The zero-order valence-electron chi connectivity index (χ0n) is 12.5. The molecule has 4 heteroatoms. The van der Waals surface area contributed by atoms with Gasteiger partial charge in [-0.1, -0.05) is 19.9 Å². The lowest BCUT2D eigenvalue weighted by molar-refractivity contribution is -0.137. The highest BCUT2D eigenvalue weighted by Crippen LogP contribution is 2.08. The second-order valence-corrected chi connectivity index (χ2v) is 5.56. The molecule has 110 valence electrons. The van der Waals surface area contributed by atoms with Gasteiger partial charge in [0.1, 0.15) is 0 Å². The summed E-state index contributed by atoms with van der Waals surface area (Å²) < 4.78 is 4.88. The number of nitrogens with one attached hydrogen (secondary N) is 1. The Labute approximate surface area is 117 Å². The number of hydrogen-bond donors (Lipinski definition) is 1. The molecule has 0 saturated carbocycles. The first-order chi connectivity index (χ1) is 9.11. The summed E-state index contributed by atoms with van der Waals surface area (Å²) in [5, 5.41) is 3.52. The van der Waals surface area contributed by atoms with Crippen LogP contribution in [0.2, 0.25) is 0 Å². The fourth-order valence-corrected chi connectivity index (χ4v) is 2.45. The highest BCUT2D eigenvalue weighted by atomic mass is 16.5. The Morgan fingerprint density at radius 1 is 1.53 bits per heavy atom. The molecule has 0 aromatic heterocycles. The van der Waals surface area contributed by atoms with E-state index < -0.39 is 0 Å². The van der Waals surface area contributed by atoms with Crippen LogP contribution >= 0.6 is 0 Å². The number of carbonyl (C=O) groups excluding carboxylic acids is 1. The van der Waals surface area contributed by atoms with Crippen LogP contribution in [-0.2, 0) is 9.53 Å². The average Bonchev–Trinajstić information content (AvgIpc) is 2.81. The zero-order chi connectivity index (χ0) is 14.1. The molecule has 0 aromatic carbocycles. The summed E-state index contributed by atoms with van der Waals surface area (Å²) in [6.45, 7) is 10.8. The van der Waals surface area contributed by atoms with E-state index in [0.29, 0.717) is 18.6 Å². The van der Waals surface area contributed by atoms with E-state index in [1.165, 1.54) is 12.8 Å². The van der Waals surface area contributed by atoms with Crippen LogP contribution in [-0.4, -0.2) is 49.7 Å². The minimum Gasteiger partial charge on any atom is -0.463 e. The highest BCUT2D eigenvalue weighted by molar-refractivity contribution is 5.81. The van der Waals surface area contributed by atoms with E-state index >= 15 is 0 Å². The van der Waals surface area contributed by atoms with Crippen LogP contribution in [0.25, 0.3) is 0 Å². The fraction of sp³-hybridized carbons (Fsp3) is 0.800. The fourth-order valence-electron chi connectivity index (χ4n) is 2.45. The topological polar surface area (TPSA) is 41.6 Å². The second kappa shape index (κ2) is 9.10. The molecule has 1 N–H and O–H groups in total. The molecule has 0 bridgehead atoms. The summed E-state index contributed by atoms with van der Waals surface area (Å²) in [4.78, 5) is 13.7. The molecule has 0 radical (unpaired) electrons. The minimum absolute atomic E-state index is 0.244. The molecule has 1 fully saturated rings. The van der Waals surface area contributed by atoms with Gasteiger partial charge in [-0.25, -0.2) is 4.79 Å². The molecular formula is C15H28N2O2. The summed E-state index contributed by atoms with van der Waals surface area (Å²) in [6, 6.07) is 0.606. The van der Waals surface area contributed by atoms with Gasteiger partial charge in [0, 0.05) is 31.8 Å². The Hall–Kier alpha value is -0.870. The van der Waals surface area contributed by atoms with Gasteiger partial charge in [0.15, 0.2) is 0 Å². The third-order valence-corrected chi connectivity index (χ3v) is 3.17. The maximum absolute atomic E-state index is 11.3. The van der Waals surface area contributed by atoms with Crippen LogP contribution in [0.5, 0.6) is 0 Å². The van der Waals surface area contributed by atoms with Gasteiger partial charge < -0.3 is 10.1 Å². The molecular weight excluding hydrogens is 240 g/mol. The van der Waals surface area contributed by atoms with Crippen LogP contribution < -0.4 is 5.32 Å². The Balaban J connectivity index is 2.37. The molecule has 0 aliphatic carbocycles. The maximum Gasteiger partial charge on any atom is 0.330 e. The molecule has 0 amide bonds. The van der Waals surface area contributed by atoms with Gasteiger partial charge in [-0.2, -0.15) is 0 Å². The van der Waals surface area contributed by atoms with Crippen molar-refractivity contribution in [2.24, 2.45) is 5.92 Å². The molecule has 0 spiro atoms. The quantitative estimate of drug-likeness (QED) is 0.538. The third-order valence-electron chi connectivity index (χ3n) is 3.17. The van der Waals surface area contributed by atoms with Gasteiger partial charge in [0.2, 0.25) is 0 Å². The summed E-state index contributed by atoms with van der Waals surface area (Å²) in [5.74, 6) is 0.392. The molecule has 0 aromatic rings. The third kappa shape index (κ3) is 7.33. The number of hydrogen-bond acceptors (Lipinski definition) is 4. The van der Waals surface area contributed by atoms with Crippen LogP contribution in [0, 0.1) is 5.92 Å². The Kier molecular flexibility index (Phi) is 7.75. The van der Waals surface area contributed by atoms with E-state index in [4.69, 9.17) is 4.74 Å². The summed E-state index contributed by atoms with van der Waals surface area (Å²) >= 11 is 0. The van der Waals surface area contributed by atoms with E-state index in [2.05, 4.69) is 24.1 Å². The number of rotatable bonds is 8. The molecule has 1 saturated heterocycles. The van der Waals surface area contributed by atoms with E-state index in [0.717, 1.165) is 26.2 Å². The van der Waals surface area contributed by atoms with E-state index in [9.17, 15) is 4.79 Å². The molecule has 1 heterocycles. The van der Waals surface area contributed by atoms with Crippen molar-refractivity contribution < 1.29 is 9.53 Å². The standard InChI is InChI=1S/C15H28N2O2/c1-4-19-15(18)8-6-10-17(11-13(2)3)12-14-7-5-9-16-14/h6,8,13-14,16H,4-5,7,9-12H2,1-3H3/b8-6+. The van der Waals surface area contributed by atoms with Gasteiger partial charge in [-0.15, -0.1) is 0 Å². The number of carbonyl (C=O) groups is 1. The Bertz CT molecular complexity index is 284. The van der Waals surface area contributed by atoms with Crippen molar-refractivity contribution >= 4 is 5.97 Å². The Morgan fingerprint density at radius 2 is 2.32 bits per heavy atom. The van der Waals surface area contributed by atoms with Crippen LogP contribution in [0.4, 0.5) is 0 Å². The predicted octanol–water partition coefficient (Wildman–Crippen LogP) is 1.82. The number of esters is 1. The zero-order valence-corrected chi connectivity index (χ0v) is 12.5. The van der Waals surface area contributed by atoms with Gasteiger partial charge in [0.05, 0.1) is 6.61 Å². The maximum atomic E-state index is 11.3. The Morgan fingerprint density at radius 3 is 2.89 bits per heavy atom. The highest BCUT2D eigenvalue weighted by Gasteiger charge is 2.17. The smallest absolute Gasteiger partial charge is 0.330 e. The molecule has 1 unspecified atom stereocenters. The molecule has 1 rings (SSSR count). The van der Waals surface area contributed by atoms with E-state index in [-0.39, 0.29) is 5.97 Å². The second-order valence-electron chi connectivity index (χ2n) is 5.56. The van der Waals surface area contributed by atoms with Crippen molar-refractivity contribution in [1.29, 1.82) is 0 Å². The predicted molar refractivity (Wildman–Crippen MR) is 78.1 cm³/mol. The molecule has 1 atom stereocenters. The largest absolute Gasteiger partial charge is 0.463 e. The molecule has 4 nitrogen and oxygen atoms in total. The lowest BCUT2D eigenvalue weighted by Gasteiger charge is -2.26. The first-order valence-electron chi connectivity index (χ1n) is 7.40. The lowest BCUT2D eigenvalue weighted by Crippen LogP contribution is -2.39. The normalized spacial score (nSPS) is 19.7. The molecule has 1 aliphatic heterocycles. The minimum atomic E-state index is -0.244. The van der Waals surface area contributed by atoms with Crippen LogP contribution in [0.3, 0.4) is 0 Å². The van der Waals surface area contributed by atoms with Crippen molar-refractivity contribution in [3.05, 3.63) is 12.2 Å². The SMILES string of the molecule is CCOC(=O)/C=C/CN(CC(C)C)CC1CCCN1. The van der Waals surface area contributed by atoms with Crippen molar-refractivity contribution in [3.63, 3.8) is 0 Å². The van der Waals surface area contributed by atoms with Gasteiger partial charge in [-0.3, -0.25) is 4.90 Å². The van der Waals surface area contributed by atoms with E-state index in [1.54, 1.807) is 6.08 Å². The first kappa shape index (κ1) is 16.2. The van der Waals surface area contributed by atoms with Gasteiger partial charge in [0.25, 0.3) is 0 Å². The molecule has 1 aliphatic rings. The number of ether oxygens (including phenoxy) is 1. The average molecular weight is 268 g/mol. The van der Waals surface area contributed by atoms with Crippen molar-refractivity contribution in [2.75, 3.05) is 32.8 Å².